The standard InChI is InChI=1S/C23H29N3O4/c1-5-20(23(28)24-16(2)3)25(15-18-10-8-9-17(4)13-18)22(27)14-19-11-6-7-12-21(19)26(29)30/h6-13,16,20H,5,14-15H2,1-4H3,(H,24,28)/t20-/m0/s1. The van der Waals surface area contributed by atoms with Crippen LogP contribution in [-0.4, -0.2) is 33.7 Å². The maximum Gasteiger partial charge on any atom is 0.273 e. The number of nitrogens with zero attached hydrogens (tertiary/aromatic N) is 2. The molecule has 0 aromatic heterocycles. The molecule has 0 saturated heterocycles. The summed E-state index contributed by atoms with van der Waals surface area (Å²) in [6.07, 6.45) is 0.293. The Bertz CT molecular complexity index is 911. The largest absolute Gasteiger partial charge is 0.352 e. The van der Waals surface area contributed by atoms with Gasteiger partial charge in [-0.3, -0.25) is 19.7 Å². The van der Waals surface area contributed by atoms with Crippen molar-refractivity contribution in [2.75, 3.05) is 0 Å². The molecule has 2 amide bonds. The number of aryl methyl sites for hydroxylation is 1. The molecule has 0 saturated carbocycles. The van der Waals surface area contributed by atoms with Gasteiger partial charge in [0, 0.05) is 24.2 Å². The van der Waals surface area contributed by atoms with E-state index in [0.717, 1.165) is 11.1 Å². The maximum absolute atomic E-state index is 13.3. The van der Waals surface area contributed by atoms with Gasteiger partial charge in [-0.1, -0.05) is 55.0 Å². The molecule has 7 heteroatoms. The summed E-state index contributed by atoms with van der Waals surface area (Å²) in [7, 11) is 0. The van der Waals surface area contributed by atoms with Crippen LogP contribution in [-0.2, 0) is 22.6 Å². The number of para-hydroxylation sites is 1. The van der Waals surface area contributed by atoms with Gasteiger partial charge in [-0.15, -0.1) is 0 Å². The Morgan fingerprint density at radius 3 is 2.43 bits per heavy atom. The maximum atomic E-state index is 13.3. The molecule has 2 aromatic carbocycles. The van der Waals surface area contributed by atoms with Gasteiger partial charge in [-0.2, -0.15) is 0 Å². The summed E-state index contributed by atoms with van der Waals surface area (Å²) >= 11 is 0. The predicted molar refractivity (Wildman–Crippen MR) is 116 cm³/mol. The Hall–Kier alpha value is -3.22. The second kappa shape index (κ2) is 10.5. The first-order chi connectivity index (χ1) is 14.2. The monoisotopic (exact) mass is 411 g/mol. The lowest BCUT2D eigenvalue weighted by Gasteiger charge is -2.31. The van der Waals surface area contributed by atoms with E-state index in [1.54, 1.807) is 18.2 Å². The Kier molecular flexibility index (Phi) is 8.09. The molecular weight excluding hydrogens is 382 g/mol. The van der Waals surface area contributed by atoms with Crippen molar-refractivity contribution in [1.82, 2.24) is 10.2 Å². The second-order valence-corrected chi connectivity index (χ2v) is 7.66. The third kappa shape index (κ3) is 6.14. The second-order valence-electron chi connectivity index (χ2n) is 7.66. The average molecular weight is 412 g/mol. The predicted octanol–water partition coefficient (Wildman–Crippen LogP) is 3.78. The van der Waals surface area contributed by atoms with Gasteiger partial charge in [-0.05, 0) is 32.8 Å². The number of hydrogen-bond acceptors (Lipinski definition) is 4. The van der Waals surface area contributed by atoms with Gasteiger partial charge in [0.05, 0.1) is 11.3 Å². The van der Waals surface area contributed by atoms with Crippen LogP contribution in [0.4, 0.5) is 5.69 Å². The van der Waals surface area contributed by atoms with Crippen LogP contribution in [0.3, 0.4) is 0 Å². The summed E-state index contributed by atoms with van der Waals surface area (Å²) in [4.78, 5) is 38.5. The van der Waals surface area contributed by atoms with E-state index in [2.05, 4.69) is 5.32 Å². The molecule has 0 aliphatic heterocycles. The molecule has 2 rings (SSSR count). The third-order valence-corrected chi connectivity index (χ3v) is 4.78. The van der Waals surface area contributed by atoms with Crippen molar-refractivity contribution < 1.29 is 14.5 Å². The number of nitro benzene ring substituents is 1. The highest BCUT2D eigenvalue weighted by atomic mass is 16.6. The lowest BCUT2D eigenvalue weighted by Crippen LogP contribution is -2.50. The molecule has 160 valence electrons. The minimum Gasteiger partial charge on any atom is -0.352 e. The number of carbonyl (C=O) groups excluding carboxylic acids is 2. The van der Waals surface area contributed by atoms with Crippen LogP contribution in [0.1, 0.15) is 43.9 Å². The molecule has 0 spiro atoms. The van der Waals surface area contributed by atoms with Crippen molar-refractivity contribution in [3.8, 4) is 0 Å². The fourth-order valence-corrected chi connectivity index (χ4v) is 3.41. The Morgan fingerprint density at radius 1 is 1.13 bits per heavy atom. The molecule has 1 atom stereocenters. The van der Waals surface area contributed by atoms with Gasteiger partial charge in [0.2, 0.25) is 11.8 Å². The van der Waals surface area contributed by atoms with Crippen LogP contribution in [0, 0.1) is 17.0 Å². The van der Waals surface area contributed by atoms with Gasteiger partial charge >= 0.3 is 0 Å². The summed E-state index contributed by atoms with van der Waals surface area (Å²) in [6, 6.07) is 13.2. The molecule has 0 bridgehead atoms. The SMILES string of the molecule is CC[C@@H](C(=O)NC(C)C)N(Cc1cccc(C)c1)C(=O)Cc1ccccc1[N+](=O)[O-]. The van der Waals surface area contributed by atoms with Gasteiger partial charge in [0.1, 0.15) is 6.04 Å². The van der Waals surface area contributed by atoms with Crippen LogP contribution in [0.25, 0.3) is 0 Å². The summed E-state index contributed by atoms with van der Waals surface area (Å²) in [5, 5.41) is 14.2. The van der Waals surface area contributed by atoms with Crippen molar-refractivity contribution >= 4 is 17.5 Å². The fourth-order valence-electron chi connectivity index (χ4n) is 3.41. The van der Waals surface area contributed by atoms with E-state index >= 15 is 0 Å². The first-order valence-corrected chi connectivity index (χ1v) is 10.1. The number of benzene rings is 2. The molecule has 0 aliphatic carbocycles. The smallest absolute Gasteiger partial charge is 0.273 e. The lowest BCUT2D eigenvalue weighted by atomic mass is 10.0. The number of amides is 2. The van der Waals surface area contributed by atoms with Gasteiger partial charge in [-0.25, -0.2) is 0 Å². The third-order valence-electron chi connectivity index (χ3n) is 4.78. The highest BCUT2D eigenvalue weighted by Crippen LogP contribution is 2.21. The zero-order valence-electron chi connectivity index (χ0n) is 17.9. The first kappa shape index (κ1) is 23.1. The molecule has 1 N–H and O–H groups in total. The van der Waals surface area contributed by atoms with E-state index in [0.29, 0.717) is 12.0 Å². The summed E-state index contributed by atoms with van der Waals surface area (Å²) in [6.45, 7) is 7.80. The van der Waals surface area contributed by atoms with Crippen LogP contribution in [0.2, 0.25) is 0 Å². The molecule has 7 nitrogen and oxygen atoms in total. The summed E-state index contributed by atoms with van der Waals surface area (Å²) < 4.78 is 0. The zero-order chi connectivity index (χ0) is 22.3. The van der Waals surface area contributed by atoms with Gasteiger partial charge < -0.3 is 10.2 Å². The Labute approximate surface area is 177 Å². The molecule has 2 aromatic rings. The Balaban J connectivity index is 2.37. The van der Waals surface area contributed by atoms with Gasteiger partial charge in [0.25, 0.3) is 5.69 Å². The van der Waals surface area contributed by atoms with E-state index in [1.165, 1.54) is 11.0 Å². The molecule has 0 radical (unpaired) electrons. The van der Waals surface area contributed by atoms with E-state index in [-0.39, 0.29) is 36.5 Å². The minimum absolute atomic E-state index is 0.0577. The van der Waals surface area contributed by atoms with Crippen LogP contribution in [0.15, 0.2) is 48.5 Å². The number of carbonyl (C=O) groups is 2. The van der Waals surface area contributed by atoms with Crippen molar-refractivity contribution in [1.29, 1.82) is 0 Å². The van der Waals surface area contributed by atoms with Crippen molar-refractivity contribution in [3.05, 3.63) is 75.3 Å². The molecule has 0 heterocycles. The topological polar surface area (TPSA) is 92.6 Å². The fraction of sp³-hybridized carbons (Fsp3) is 0.391. The average Bonchev–Trinajstić information content (AvgIpc) is 2.67. The summed E-state index contributed by atoms with van der Waals surface area (Å²) in [5.41, 5.74) is 2.20. The highest BCUT2D eigenvalue weighted by Gasteiger charge is 2.30. The van der Waals surface area contributed by atoms with E-state index < -0.39 is 11.0 Å². The van der Waals surface area contributed by atoms with Gasteiger partial charge in [0.15, 0.2) is 0 Å². The molecule has 0 fully saturated rings. The molecular formula is C23H29N3O4. The molecule has 0 aliphatic rings. The molecule has 0 unspecified atom stereocenters. The number of rotatable bonds is 9. The van der Waals surface area contributed by atoms with E-state index in [9.17, 15) is 19.7 Å². The zero-order valence-corrected chi connectivity index (χ0v) is 17.9. The van der Waals surface area contributed by atoms with Crippen LogP contribution < -0.4 is 5.32 Å². The number of hydrogen-bond donors (Lipinski definition) is 1. The highest BCUT2D eigenvalue weighted by molar-refractivity contribution is 5.89. The van der Waals surface area contributed by atoms with E-state index in [1.807, 2.05) is 52.0 Å². The van der Waals surface area contributed by atoms with Crippen LogP contribution >= 0.6 is 0 Å². The molecule has 30 heavy (non-hydrogen) atoms. The number of nitrogens with one attached hydrogen (secondary N) is 1. The summed E-state index contributed by atoms with van der Waals surface area (Å²) in [5.74, 6) is -0.548. The van der Waals surface area contributed by atoms with Crippen molar-refractivity contribution in [2.45, 2.75) is 59.2 Å². The Morgan fingerprint density at radius 2 is 1.83 bits per heavy atom. The normalized spacial score (nSPS) is 11.8. The first-order valence-electron chi connectivity index (χ1n) is 10.1. The van der Waals surface area contributed by atoms with Crippen molar-refractivity contribution in [3.63, 3.8) is 0 Å². The minimum atomic E-state index is -0.664. The quantitative estimate of drug-likeness (QED) is 0.502. The number of nitro groups is 1. The van der Waals surface area contributed by atoms with E-state index in [4.69, 9.17) is 0 Å². The van der Waals surface area contributed by atoms with Crippen LogP contribution in [0.5, 0.6) is 0 Å². The van der Waals surface area contributed by atoms with Crippen molar-refractivity contribution in [2.24, 2.45) is 0 Å². The lowest BCUT2D eigenvalue weighted by molar-refractivity contribution is -0.385.